The van der Waals surface area contributed by atoms with Crippen LogP contribution in [0.3, 0.4) is 0 Å². The van der Waals surface area contributed by atoms with E-state index in [1.165, 1.54) is 62.8 Å². The fraction of sp³-hybridized carbons (Fsp3) is 0.0909. The molecule has 0 aliphatic rings. The highest BCUT2D eigenvalue weighted by Gasteiger charge is 2.23. The molecule has 0 aliphatic carbocycles. The zero-order valence-corrected chi connectivity index (χ0v) is 17.8. The summed E-state index contributed by atoms with van der Waals surface area (Å²) in [4.78, 5) is 46.6. The number of furan rings is 1. The van der Waals surface area contributed by atoms with E-state index in [-0.39, 0.29) is 28.4 Å². The second-order valence-corrected chi connectivity index (χ2v) is 6.48. The molecule has 174 valence electrons. The number of hydrogen-bond donors (Lipinski definition) is 1. The Morgan fingerprint density at radius 1 is 1.09 bits per heavy atom. The zero-order chi connectivity index (χ0) is 24.7. The minimum atomic E-state index is -0.948. The average molecular weight is 467 g/mol. The van der Waals surface area contributed by atoms with Crippen molar-refractivity contribution in [2.24, 2.45) is 5.10 Å². The maximum absolute atomic E-state index is 12.7. The van der Waals surface area contributed by atoms with Gasteiger partial charge in [0, 0.05) is 18.6 Å². The lowest BCUT2D eigenvalue weighted by Gasteiger charge is -2.11. The van der Waals surface area contributed by atoms with Crippen LogP contribution < -0.4 is 19.6 Å². The Balaban J connectivity index is 1.87. The summed E-state index contributed by atoms with van der Waals surface area (Å²) in [5.41, 5.74) is 1.72. The molecule has 1 amide bonds. The van der Waals surface area contributed by atoms with Gasteiger partial charge in [-0.05, 0) is 36.4 Å². The minimum absolute atomic E-state index is 0.00832. The summed E-state index contributed by atoms with van der Waals surface area (Å²) in [5, 5.41) is 15.2. The van der Waals surface area contributed by atoms with Crippen LogP contribution in [0, 0.1) is 10.1 Å². The van der Waals surface area contributed by atoms with Crippen LogP contribution in [-0.4, -0.2) is 36.1 Å². The molecular formula is C22H17N3O9. The smallest absolute Gasteiger partial charge is 0.343 e. The van der Waals surface area contributed by atoms with Crippen molar-refractivity contribution in [1.82, 2.24) is 5.43 Å². The lowest BCUT2D eigenvalue weighted by molar-refractivity contribution is -0.385. The SMILES string of the molecule is COc1cc(C(=O)Oc2c(/C=N/NC(=O)c3ccco3)cccc2[N+](=O)[O-])ccc1OC(C)=O. The van der Waals surface area contributed by atoms with E-state index < -0.39 is 34.2 Å². The normalized spacial score (nSPS) is 10.5. The molecule has 0 atom stereocenters. The Kier molecular flexibility index (Phi) is 7.34. The number of nitrogens with one attached hydrogen (secondary N) is 1. The Morgan fingerprint density at radius 2 is 1.88 bits per heavy atom. The molecule has 1 heterocycles. The lowest BCUT2D eigenvalue weighted by Crippen LogP contribution is -2.17. The van der Waals surface area contributed by atoms with Gasteiger partial charge >= 0.3 is 23.5 Å². The number of carbonyl (C=O) groups excluding carboxylic acids is 3. The van der Waals surface area contributed by atoms with Crippen LogP contribution in [0.4, 0.5) is 5.69 Å². The molecule has 0 saturated heterocycles. The number of para-hydroxylation sites is 1. The van der Waals surface area contributed by atoms with Crippen molar-refractivity contribution in [2.45, 2.75) is 6.92 Å². The van der Waals surface area contributed by atoms with E-state index in [1.54, 1.807) is 0 Å². The summed E-state index contributed by atoms with van der Waals surface area (Å²) in [6, 6.07) is 10.7. The molecule has 0 saturated carbocycles. The van der Waals surface area contributed by atoms with Gasteiger partial charge in [-0.1, -0.05) is 6.07 Å². The fourth-order valence-corrected chi connectivity index (χ4v) is 2.71. The fourth-order valence-electron chi connectivity index (χ4n) is 2.71. The van der Waals surface area contributed by atoms with E-state index in [4.69, 9.17) is 18.6 Å². The van der Waals surface area contributed by atoms with Gasteiger partial charge in [-0.2, -0.15) is 5.10 Å². The molecule has 0 spiro atoms. The number of carbonyl (C=O) groups is 3. The van der Waals surface area contributed by atoms with E-state index >= 15 is 0 Å². The highest BCUT2D eigenvalue weighted by molar-refractivity contribution is 5.96. The van der Waals surface area contributed by atoms with Gasteiger partial charge in [-0.25, -0.2) is 10.2 Å². The van der Waals surface area contributed by atoms with Crippen molar-refractivity contribution in [3.63, 3.8) is 0 Å². The molecule has 12 heteroatoms. The van der Waals surface area contributed by atoms with E-state index in [0.717, 1.165) is 12.3 Å². The second-order valence-electron chi connectivity index (χ2n) is 6.48. The molecule has 3 rings (SSSR count). The number of hydrogen-bond acceptors (Lipinski definition) is 10. The molecule has 0 unspecified atom stereocenters. The van der Waals surface area contributed by atoms with Crippen molar-refractivity contribution >= 4 is 29.7 Å². The summed E-state index contributed by atoms with van der Waals surface area (Å²) >= 11 is 0. The summed E-state index contributed by atoms with van der Waals surface area (Å²) < 4.78 is 20.4. The summed E-state index contributed by atoms with van der Waals surface area (Å²) in [6.07, 6.45) is 2.39. The van der Waals surface area contributed by atoms with Crippen LogP contribution in [-0.2, 0) is 4.79 Å². The van der Waals surface area contributed by atoms with Crippen LogP contribution in [0.15, 0.2) is 64.3 Å². The first-order chi connectivity index (χ1) is 16.3. The third-order valence-electron chi connectivity index (χ3n) is 4.18. The number of rotatable bonds is 8. The van der Waals surface area contributed by atoms with Crippen molar-refractivity contribution < 1.29 is 37.9 Å². The van der Waals surface area contributed by atoms with Crippen molar-refractivity contribution in [3.05, 3.63) is 81.8 Å². The van der Waals surface area contributed by atoms with Crippen LogP contribution in [0.2, 0.25) is 0 Å². The molecule has 1 aromatic heterocycles. The van der Waals surface area contributed by atoms with Gasteiger partial charge in [0.25, 0.3) is 0 Å². The first-order valence-electron chi connectivity index (χ1n) is 9.53. The van der Waals surface area contributed by atoms with E-state index in [2.05, 4.69) is 10.5 Å². The number of methoxy groups -OCH3 is 1. The van der Waals surface area contributed by atoms with Crippen LogP contribution in [0.5, 0.6) is 17.2 Å². The molecule has 0 radical (unpaired) electrons. The van der Waals surface area contributed by atoms with Gasteiger partial charge in [0.05, 0.1) is 30.1 Å². The molecule has 0 aliphatic heterocycles. The lowest BCUT2D eigenvalue weighted by atomic mass is 10.1. The Hall–Kier alpha value is -5.00. The average Bonchev–Trinajstić information content (AvgIpc) is 3.34. The number of hydrazone groups is 1. The number of nitrogens with zero attached hydrogens (tertiary/aromatic N) is 2. The quantitative estimate of drug-likeness (QED) is 0.173. The Labute approximate surface area is 191 Å². The third-order valence-corrected chi connectivity index (χ3v) is 4.18. The van der Waals surface area contributed by atoms with Gasteiger partial charge in [0.2, 0.25) is 5.75 Å². The predicted octanol–water partition coefficient (Wildman–Crippen LogP) is 3.10. The van der Waals surface area contributed by atoms with Crippen LogP contribution >= 0.6 is 0 Å². The largest absolute Gasteiger partial charge is 0.493 e. The van der Waals surface area contributed by atoms with E-state index in [0.29, 0.717) is 0 Å². The highest BCUT2D eigenvalue weighted by Crippen LogP contribution is 2.32. The number of nitro groups is 1. The second kappa shape index (κ2) is 10.5. The molecule has 3 aromatic rings. The number of esters is 2. The van der Waals surface area contributed by atoms with Gasteiger partial charge < -0.3 is 18.6 Å². The summed E-state index contributed by atoms with van der Waals surface area (Å²) in [6.45, 7) is 1.20. The molecule has 12 nitrogen and oxygen atoms in total. The number of nitro benzene ring substituents is 1. The van der Waals surface area contributed by atoms with Crippen LogP contribution in [0.25, 0.3) is 0 Å². The molecular weight excluding hydrogens is 450 g/mol. The standard InChI is InChI=1S/C22H17N3O9/c1-13(26)33-17-9-8-14(11-19(17)31-2)22(28)34-20-15(5-3-6-16(20)25(29)30)12-23-24-21(27)18-7-4-10-32-18/h3-12H,1-2H3,(H,24,27)/b23-12+. The molecule has 1 N–H and O–H groups in total. The third kappa shape index (κ3) is 5.62. The van der Waals surface area contributed by atoms with Crippen molar-refractivity contribution in [2.75, 3.05) is 7.11 Å². The first-order valence-corrected chi connectivity index (χ1v) is 9.53. The van der Waals surface area contributed by atoms with Gasteiger partial charge in [-0.3, -0.25) is 19.7 Å². The van der Waals surface area contributed by atoms with E-state index in [9.17, 15) is 24.5 Å². The van der Waals surface area contributed by atoms with Gasteiger partial charge in [0.15, 0.2) is 17.3 Å². The van der Waals surface area contributed by atoms with Gasteiger partial charge in [-0.15, -0.1) is 0 Å². The monoisotopic (exact) mass is 467 g/mol. The highest BCUT2D eigenvalue weighted by atomic mass is 16.6. The number of ether oxygens (including phenoxy) is 3. The first kappa shape index (κ1) is 23.7. The number of amides is 1. The Morgan fingerprint density at radius 3 is 2.53 bits per heavy atom. The topological polar surface area (TPSA) is 160 Å². The predicted molar refractivity (Wildman–Crippen MR) is 116 cm³/mol. The van der Waals surface area contributed by atoms with Crippen LogP contribution in [0.1, 0.15) is 33.4 Å². The molecule has 34 heavy (non-hydrogen) atoms. The van der Waals surface area contributed by atoms with Crippen molar-refractivity contribution in [3.8, 4) is 17.2 Å². The minimum Gasteiger partial charge on any atom is -0.493 e. The maximum Gasteiger partial charge on any atom is 0.343 e. The molecule has 0 bridgehead atoms. The van der Waals surface area contributed by atoms with Crippen molar-refractivity contribution in [1.29, 1.82) is 0 Å². The van der Waals surface area contributed by atoms with E-state index in [1.807, 2.05) is 0 Å². The maximum atomic E-state index is 12.7. The zero-order valence-electron chi connectivity index (χ0n) is 17.8. The summed E-state index contributed by atoms with van der Waals surface area (Å²) in [7, 11) is 1.31. The number of benzene rings is 2. The molecule has 0 fully saturated rings. The Bertz CT molecular complexity index is 1270. The summed E-state index contributed by atoms with van der Waals surface area (Å²) in [5.74, 6) is -2.41. The molecule has 2 aromatic carbocycles. The van der Waals surface area contributed by atoms with Gasteiger partial charge in [0.1, 0.15) is 0 Å².